The summed E-state index contributed by atoms with van der Waals surface area (Å²) in [7, 11) is 0. The summed E-state index contributed by atoms with van der Waals surface area (Å²) in [5.41, 5.74) is 4.40. The molecule has 1 unspecified atom stereocenters. The highest BCUT2D eigenvalue weighted by atomic mass is 19.1. The molecule has 0 aromatic heterocycles. The van der Waals surface area contributed by atoms with Crippen molar-refractivity contribution in [2.75, 3.05) is 10.6 Å². The molecule has 1 aliphatic rings. The Kier molecular flexibility index (Phi) is 2.93. The number of aryl methyl sites for hydroxylation is 2. The summed E-state index contributed by atoms with van der Waals surface area (Å²) in [5.74, 6) is -0.366. The Morgan fingerprint density at radius 2 is 1.95 bits per heavy atom. The zero-order chi connectivity index (χ0) is 14.3. The van der Waals surface area contributed by atoms with E-state index in [4.69, 9.17) is 0 Å². The van der Waals surface area contributed by atoms with Gasteiger partial charge < -0.3 is 10.6 Å². The van der Waals surface area contributed by atoms with Gasteiger partial charge in [-0.15, -0.1) is 0 Å². The van der Waals surface area contributed by atoms with Gasteiger partial charge in [-0.1, -0.05) is 17.7 Å². The van der Waals surface area contributed by atoms with Gasteiger partial charge in [-0.05, 0) is 43.7 Å². The summed E-state index contributed by atoms with van der Waals surface area (Å²) in [6.07, 6.45) is 0. The van der Waals surface area contributed by atoms with Crippen LogP contribution in [0.15, 0.2) is 36.4 Å². The second-order valence-electron chi connectivity index (χ2n) is 5.12. The predicted molar refractivity (Wildman–Crippen MR) is 77.3 cm³/mol. The van der Waals surface area contributed by atoms with E-state index >= 15 is 0 Å². The number of benzene rings is 2. The molecule has 20 heavy (non-hydrogen) atoms. The maximum absolute atomic E-state index is 13.1. The minimum absolute atomic E-state index is 0.0886. The fourth-order valence-corrected chi connectivity index (χ4v) is 2.47. The van der Waals surface area contributed by atoms with Crippen molar-refractivity contribution in [1.29, 1.82) is 0 Å². The minimum atomic E-state index is -0.436. The second-order valence-corrected chi connectivity index (χ2v) is 5.12. The van der Waals surface area contributed by atoms with Crippen molar-refractivity contribution in [2.45, 2.75) is 19.9 Å². The third-order valence-corrected chi connectivity index (χ3v) is 3.53. The Bertz CT molecular complexity index is 697. The Labute approximate surface area is 116 Å². The number of hydrogen-bond donors (Lipinski definition) is 2. The van der Waals surface area contributed by atoms with E-state index in [-0.39, 0.29) is 11.7 Å². The lowest BCUT2D eigenvalue weighted by molar-refractivity contribution is -0.116. The maximum Gasteiger partial charge on any atom is 0.251 e. The van der Waals surface area contributed by atoms with Crippen LogP contribution in [0.25, 0.3) is 0 Å². The summed E-state index contributed by atoms with van der Waals surface area (Å²) >= 11 is 0. The molecular weight excluding hydrogens is 255 g/mol. The van der Waals surface area contributed by atoms with E-state index in [0.29, 0.717) is 0 Å². The monoisotopic (exact) mass is 270 g/mol. The van der Waals surface area contributed by atoms with Crippen LogP contribution in [0.5, 0.6) is 0 Å². The Morgan fingerprint density at radius 3 is 2.70 bits per heavy atom. The van der Waals surface area contributed by atoms with Crippen molar-refractivity contribution in [3.63, 3.8) is 0 Å². The number of carbonyl (C=O) groups is 1. The summed E-state index contributed by atoms with van der Waals surface area (Å²) in [4.78, 5) is 12.1. The number of nitrogens with one attached hydrogen (secondary N) is 2. The molecule has 102 valence electrons. The number of halogens is 1. The molecule has 0 aliphatic carbocycles. The van der Waals surface area contributed by atoms with Crippen molar-refractivity contribution in [3.8, 4) is 0 Å². The third kappa shape index (κ3) is 2.13. The van der Waals surface area contributed by atoms with Gasteiger partial charge in [-0.25, -0.2) is 4.39 Å². The van der Waals surface area contributed by atoms with Crippen LogP contribution in [0.2, 0.25) is 0 Å². The first-order valence-electron chi connectivity index (χ1n) is 6.49. The van der Waals surface area contributed by atoms with E-state index in [9.17, 15) is 9.18 Å². The molecule has 3 nitrogen and oxygen atoms in total. The summed E-state index contributed by atoms with van der Waals surface area (Å²) in [6, 6.07) is 9.92. The fraction of sp³-hybridized carbons (Fsp3) is 0.188. The van der Waals surface area contributed by atoms with Gasteiger partial charge in [0.1, 0.15) is 11.9 Å². The minimum Gasteiger partial charge on any atom is -0.370 e. The average Bonchev–Trinajstić information content (AvgIpc) is 2.69. The Hall–Kier alpha value is -2.36. The normalized spacial score (nSPS) is 16.8. The molecule has 0 fully saturated rings. The summed E-state index contributed by atoms with van der Waals surface area (Å²) in [6.45, 7) is 3.80. The van der Waals surface area contributed by atoms with Gasteiger partial charge in [0, 0.05) is 16.9 Å². The van der Waals surface area contributed by atoms with Gasteiger partial charge in [-0.2, -0.15) is 0 Å². The first-order chi connectivity index (χ1) is 9.54. The van der Waals surface area contributed by atoms with Crippen molar-refractivity contribution < 1.29 is 9.18 Å². The van der Waals surface area contributed by atoms with Gasteiger partial charge in [0.15, 0.2) is 0 Å². The molecular formula is C16H15FN2O. The van der Waals surface area contributed by atoms with E-state index in [1.807, 2.05) is 32.0 Å². The van der Waals surface area contributed by atoms with Crippen LogP contribution in [0.4, 0.5) is 15.8 Å². The van der Waals surface area contributed by atoms with E-state index < -0.39 is 6.04 Å². The van der Waals surface area contributed by atoms with Crippen molar-refractivity contribution in [1.82, 2.24) is 0 Å². The molecule has 1 aliphatic heterocycles. The van der Waals surface area contributed by atoms with Gasteiger partial charge in [0.05, 0.1) is 0 Å². The second kappa shape index (κ2) is 4.63. The van der Waals surface area contributed by atoms with Gasteiger partial charge in [0.2, 0.25) is 0 Å². The number of anilines is 2. The molecule has 0 saturated carbocycles. The molecule has 1 heterocycles. The van der Waals surface area contributed by atoms with Gasteiger partial charge >= 0.3 is 0 Å². The van der Waals surface area contributed by atoms with Gasteiger partial charge in [0.25, 0.3) is 5.91 Å². The number of hydrogen-bond acceptors (Lipinski definition) is 2. The topological polar surface area (TPSA) is 41.1 Å². The molecule has 0 bridgehead atoms. The highest BCUT2D eigenvalue weighted by Crippen LogP contribution is 2.34. The standard InChI is InChI=1S/C16H15FN2O/c1-9-3-5-14-12(7-9)15(16(20)19-14)18-13-6-4-11(17)8-10(13)2/h3-8,15,18H,1-2H3,(H,19,20). The first-order valence-corrected chi connectivity index (χ1v) is 6.49. The molecule has 3 rings (SSSR count). The molecule has 0 saturated heterocycles. The van der Waals surface area contributed by atoms with E-state index in [0.717, 1.165) is 28.1 Å². The zero-order valence-electron chi connectivity index (χ0n) is 11.3. The molecule has 1 amide bonds. The lowest BCUT2D eigenvalue weighted by atomic mass is 10.0. The number of amides is 1. The SMILES string of the molecule is Cc1ccc2c(c1)C(Nc1ccc(F)cc1C)C(=O)N2. The summed E-state index contributed by atoms with van der Waals surface area (Å²) < 4.78 is 13.1. The smallest absolute Gasteiger partial charge is 0.251 e. The van der Waals surface area contributed by atoms with Crippen LogP contribution in [0.1, 0.15) is 22.7 Å². The van der Waals surface area contributed by atoms with E-state index in [1.54, 1.807) is 6.07 Å². The Morgan fingerprint density at radius 1 is 1.15 bits per heavy atom. The average molecular weight is 270 g/mol. The Balaban J connectivity index is 1.95. The highest BCUT2D eigenvalue weighted by molar-refractivity contribution is 6.04. The molecule has 1 atom stereocenters. The van der Waals surface area contributed by atoms with Gasteiger partial charge in [-0.3, -0.25) is 4.79 Å². The van der Waals surface area contributed by atoms with E-state index in [2.05, 4.69) is 10.6 Å². The van der Waals surface area contributed by atoms with Crippen LogP contribution in [-0.2, 0) is 4.79 Å². The highest BCUT2D eigenvalue weighted by Gasteiger charge is 2.30. The molecule has 0 radical (unpaired) electrons. The molecule has 2 aromatic rings. The van der Waals surface area contributed by atoms with Crippen LogP contribution < -0.4 is 10.6 Å². The van der Waals surface area contributed by atoms with Crippen molar-refractivity contribution in [2.24, 2.45) is 0 Å². The fourth-order valence-electron chi connectivity index (χ4n) is 2.47. The maximum atomic E-state index is 13.1. The van der Waals surface area contributed by atoms with Crippen LogP contribution >= 0.6 is 0 Å². The van der Waals surface area contributed by atoms with Crippen LogP contribution in [0.3, 0.4) is 0 Å². The molecule has 2 N–H and O–H groups in total. The number of rotatable bonds is 2. The van der Waals surface area contributed by atoms with Crippen LogP contribution in [-0.4, -0.2) is 5.91 Å². The summed E-state index contributed by atoms with van der Waals surface area (Å²) in [5, 5.41) is 6.04. The first kappa shape index (κ1) is 12.7. The number of carbonyl (C=O) groups excluding carboxylic acids is 1. The number of fused-ring (bicyclic) bond motifs is 1. The van der Waals surface area contributed by atoms with Crippen LogP contribution in [0, 0.1) is 19.7 Å². The largest absolute Gasteiger partial charge is 0.370 e. The predicted octanol–water partition coefficient (Wildman–Crippen LogP) is 3.55. The van der Waals surface area contributed by atoms with Crippen molar-refractivity contribution >= 4 is 17.3 Å². The van der Waals surface area contributed by atoms with Crippen molar-refractivity contribution in [3.05, 3.63) is 58.9 Å². The molecule has 2 aromatic carbocycles. The zero-order valence-corrected chi connectivity index (χ0v) is 11.3. The van der Waals surface area contributed by atoms with E-state index in [1.165, 1.54) is 12.1 Å². The molecule has 4 heteroatoms. The third-order valence-electron chi connectivity index (χ3n) is 3.53. The lowest BCUT2D eigenvalue weighted by Crippen LogP contribution is -2.20. The quantitative estimate of drug-likeness (QED) is 0.876. The lowest BCUT2D eigenvalue weighted by Gasteiger charge is -2.15. The molecule has 0 spiro atoms.